The van der Waals surface area contributed by atoms with Gasteiger partial charge in [-0.25, -0.2) is 13.8 Å². The molecular formula is C30H30F2N2O3S. The minimum atomic E-state index is -0.700. The third-order valence-electron chi connectivity index (χ3n) is 7.43. The first-order chi connectivity index (χ1) is 18.3. The van der Waals surface area contributed by atoms with Crippen molar-refractivity contribution in [1.82, 2.24) is 9.55 Å². The number of nitrogens with zero attached hydrogens (tertiary/aromatic N) is 2. The van der Waals surface area contributed by atoms with E-state index in [1.807, 2.05) is 23.6 Å². The van der Waals surface area contributed by atoms with Gasteiger partial charge >= 0.3 is 0 Å². The van der Waals surface area contributed by atoms with Gasteiger partial charge in [-0.15, -0.1) is 11.3 Å². The molecule has 0 saturated heterocycles. The highest BCUT2D eigenvalue weighted by molar-refractivity contribution is 7.14. The molecule has 2 heterocycles. The first-order valence-corrected chi connectivity index (χ1v) is 13.8. The largest absolute Gasteiger partial charge is 0.496 e. The first kappa shape index (κ1) is 26.2. The molecule has 0 unspecified atom stereocenters. The summed E-state index contributed by atoms with van der Waals surface area (Å²) in [7, 11) is 1.50. The van der Waals surface area contributed by atoms with Crippen LogP contribution < -0.4 is 4.74 Å². The summed E-state index contributed by atoms with van der Waals surface area (Å²) >= 11 is 1.51. The van der Waals surface area contributed by atoms with E-state index in [2.05, 4.69) is 4.98 Å². The van der Waals surface area contributed by atoms with Gasteiger partial charge < -0.3 is 9.30 Å². The summed E-state index contributed by atoms with van der Waals surface area (Å²) in [5.41, 5.74) is 1.33. The van der Waals surface area contributed by atoms with Crippen LogP contribution in [0.2, 0.25) is 0 Å². The standard InChI is InChI=1S/C30H30F2N2O3S/c1-4-25(35)20-15-23-24(16-27(20)37-3)34(30(33-23)29-21(31)9-6-10-22(29)32)19-8-5-7-18(13-19)14-26(36)28-12-11-17(2)38-28/h6,9-12,15-16,18-19H,4-5,7-8,13-14H2,1-3H3/t18-,19+/m1/s1. The highest BCUT2D eigenvalue weighted by Gasteiger charge is 2.31. The molecule has 0 aliphatic heterocycles. The third kappa shape index (κ3) is 4.89. The second-order valence-electron chi connectivity index (χ2n) is 9.94. The summed E-state index contributed by atoms with van der Waals surface area (Å²) in [6.07, 6.45) is 4.00. The molecule has 5 rings (SSSR count). The normalized spacial score (nSPS) is 17.6. The average Bonchev–Trinajstić information content (AvgIpc) is 3.50. The molecule has 0 N–H and O–H groups in total. The van der Waals surface area contributed by atoms with Gasteiger partial charge in [-0.3, -0.25) is 9.59 Å². The Balaban J connectivity index is 1.60. The van der Waals surface area contributed by atoms with E-state index in [0.29, 0.717) is 41.6 Å². The van der Waals surface area contributed by atoms with Crippen LogP contribution in [-0.2, 0) is 0 Å². The lowest BCUT2D eigenvalue weighted by atomic mass is 9.82. The summed E-state index contributed by atoms with van der Waals surface area (Å²) < 4.78 is 37.5. The number of ketones is 2. The van der Waals surface area contributed by atoms with Crippen molar-refractivity contribution in [3.8, 4) is 17.1 Å². The van der Waals surface area contributed by atoms with Crippen molar-refractivity contribution in [3.05, 3.63) is 69.4 Å². The first-order valence-electron chi connectivity index (χ1n) is 13.0. The highest BCUT2D eigenvalue weighted by Crippen LogP contribution is 2.42. The molecule has 1 aliphatic carbocycles. The fraction of sp³-hybridized carbons (Fsp3) is 0.367. The zero-order chi connectivity index (χ0) is 27.0. The van der Waals surface area contributed by atoms with E-state index < -0.39 is 11.6 Å². The van der Waals surface area contributed by atoms with Gasteiger partial charge in [0, 0.05) is 29.8 Å². The molecule has 1 fully saturated rings. The van der Waals surface area contributed by atoms with Crippen LogP contribution in [0.4, 0.5) is 8.78 Å². The number of aryl methyl sites for hydroxylation is 1. The molecule has 198 valence electrons. The predicted molar refractivity (Wildman–Crippen MR) is 145 cm³/mol. The minimum Gasteiger partial charge on any atom is -0.496 e. The Hall–Kier alpha value is -3.39. The van der Waals surface area contributed by atoms with Gasteiger partial charge in [-0.2, -0.15) is 0 Å². The van der Waals surface area contributed by atoms with E-state index in [1.165, 1.54) is 36.6 Å². The number of ether oxygens (including phenoxy) is 1. The fourth-order valence-electron chi connectivity index (χ4n) is 5.59. The van der Waals surface area contributed by atoms with Crippen LogP contribution in [0.3, 0.4) is 0 Å². The average molecular weight is 537 g/mol. The lowest BCUT2D eigenvalue weighted by Crippen LogP contribution is -2.22. The second kappa shape index (κ2) is 10.8. The smallest absolute Gasteiger partial charge is 0.173 e. The van der Waals surface area contributed by atoms with Gasteiger partial charge in [0.1, 0.15) is 23.2 Å². The Morgan fingerprint density at radius 2 is 1.87 bits per heavy atom. The number of carbonyl (C=O) groups is 2. The number of aromatic nitrogens is 2. The van der Waals surface area contributed by atoms with E-state index in [-0.39, 0.29) is 34.9 Å². The monoisotopic (exact) mass is 536 g/mol. The van der Waals surface area contributed by atoms with Crippen molar-refractivity contribution < 1.29 is 23.1 Å². The van der Waals surface area contributed by atoms with Crippen molar-refractivity contribution in [3.63, 3.8) is 0 Å². The number of fused-ring (bicyclic) bond motifs is 1. The number of hydrogen-bond acceptors (Lipinski definition) is 5. The van der Waals surface area contributed by atoms with E-state index in [9.17, 15) is 9.59 Å². The summed E-state index contributed by atoms with van der Waals surface area (Å²) in [6, 6.07) is 10.9. The van der Waals surface area contributed by atoms with Crippen LogP contribution in [0.15, 0.2) is 42.5 Å². The number of carbonyl (C=O) groups excluding carboxylic acids is 2. The number of rotatable bonds is 8. The molecule has 0 radical (unpaired) electrons. The molecule has 0 amide bonds. The van der Waals surface area contributed by atoms with Crippen molar-refractivity contribution in [1.29, 1.82) is 0 Å². The number of methoxy groups -OCH3 is 1. The van der Waals surface area contributed by atoms with Crippen molar-refractivity contribution in [2.75, 3.05) is 7.11 Å². The van der Waals surface area contributed by atoms with Crippen molar-refractivity contribution in [2.45, 2.75) is 58.4 Å². The van der Waals surface area contributed by atoms with Gasteiger partial charge in [-0.05, 0) is 62.4 Å². The van der Waals surface area contributed by atoms with Crippen LogP contribution in [0, 0.1) is 24.5 Å². The van der Waals surface area contributed by atoms with Gasteiger partial charge in [0.15, 0.2) is 11.6 Å². The molecule has 0 spiro atoms. The van der Waals surface area contributed by atoms with Gasteiger partial charge in [0.05, 0.1) is 34.1 Å². The number of benzene rings is 2. The van der Waals surface area contributed by atoms with E-state index in [0.717, 1.165) is 29.0 Å². The summed E-state index contributed by atoms with van der Waals surface area (Å²) in [5, 5.41) is 0. The van der Waals surface area contributed by atoms with E-state index in [1.54, 1.807) is 19.1 Å². The molecule has 5 nitrogen and oxygen atoms in total. The molecule has 1 saturated carbocycles. The maximum atomic E-state index is 15.0. The van der Waals surface area contributed by atoms with Gasteiger partial charge in [-0.1, -0.05) is 19.4 Å². The zero-order valence-corrected chi connectivity index (χ0v) is 22.5. The third-order valence-corrected chi connectivity index (χ3v) is 8.47. The molecular weight excluding hydrogens is 506 g/mol. The highest BCUT2D eigenvalue weighted by atomic mass is 32.1. The summed E-state index contributed by atoms with van der Waals surface area (Å²) in [4.78, 5) is 32.1. The minimum absolute atomic E-state index is 0.100. The molecule has 0 bridgehead atoms. The van der Waals surface area contributed by atoms with Crippen LogP contribution in [-0.4, -0.2) is 28.2 Å². The van der Waals surface area contributed by atoms with Gasteiger partial charge in [0.2, 0.25) is 0 Å². The Bertz CT molecular complexity index is 1500. The zero-order valence-electron chi connectivity index (χ0n) is 21.7. The number of hydrogen-bond donors (Lipinski definition) is 0. The lowest BCUT2D eigenvalue weighted by molar-refractivity contribution is 0.0944. The fourth-order valence-corrected chi connectivity index (χ4v) is 6.40. The molecule has 2 atom stereocenters. The van der Waals surface area contributed by atoms with Crippen LogP contribution >= 0.6 is 11.3 Å². The Morgan fingerprint density at radius 1 is 1.11 bits per heavy atom. The maximum absolute atomic E-state index is 15.0. The lowest BCUT2D eigenvalue weighted by Gasteiger charge is -2.31. The van der Waals surface area contributed by atoms with Crippen LogP contribution in [0.5, 0.6) is 5.75 Å². The van der Waals surface area contributed by atoms with Crippen molar-refractivity contribution >= 4 is 33.9 Å². The van der Waals surface area contributed by atoms with Crippen molar-refractivity contribution in [2.24, 2.45) is 5.92 Å². The van der Waals surface area contributed by atoms with E-state index >= 15 is 8.78 Å². The Kier molecular flexibility index (Phi) is 7.43. The Labute approximate surface area is 224 Å². The topological polar surface area (TPSA) is 61.2 Å². The predicted octanol–water partition coefficient (Wildman–Crippen LogP) is 7.96. The SMILES string of the molecule is CCC(=O)c1cc2nc(-c3c(F)cccc3F)n([C@H]3CCC[C@@H](CC(=O)c4ccc(C)s4)C3)c2cc1OC. The summed E-state index contributed by atoms with van der Waals surface area (Å²) in [5.74, 6) is -0.637. The quantitative estimate of drug-likeness (QED) is 0.214. The number of halogens is 2. The number of Topliss-reactive ketones (excluding diaryl/α,β-unsaturated/α-hetero) is 2. The second-order valence-corrected chi connectivity index (χ2v) is 11.2. The van der Waals surface area contributed by atoms with Crippen LogP contribution in [0.1, 0.15) is 76.4 Å². The number of imidazole rings is 1. The molecule has 2 aromatic heterocycles. The van der Waals surface area contributed by atoms with Gasteiger partial charge in [0.25, 0.3) is 0 Å². The molecule has 1 aliphatic rings. The maximum Gasteiger partial charge on any atom is 0.173 e. The van der Waals surface area contributed by atoms with E-state index in [4.69, 9.17) is 4.74 Å². The molecule has 8 heteroatoms. The number of thiophene rings is 1. The molecule has 38 heavy (non-hydrogen) atoms. The Morgan fingerprint density at radius 3 is 2.53 bits per heavy atom. The summed E-state index contributed by atoms with van der Waals surface area (Å²) in [6.45, 7) is 3.76. The molecule has 2 aromatic carbocycles. The van der Waals surface area contributed by atoms with Crippen LogP contribution in [0.25, 0.3) is 22.4 Å². The molecule has 4 aromatic rings.